The molecule has 1 saturated heterocycles. The SMILES string of the molecule is CC(C)NC(=O)CN1CCN(Cc2c(O)ccc3cc(Br)ccc23)CC1. The molecule has 140 valence electrons. The molecule has 0 unspecified atom stereocenters. The fourth-order valence-corrected chi connectivity index (χ4v) is 3.80. The van der Waals surface area contributed by atoms with E-state index in [9.17, 15) is 9.90 Å². The third kappa shape index (κ3) is 4.75. The third-order valence-corrected chi connectivity index (χ3v) is 5.23. The molecule has 26 heavy (non-hydrogen) atoms. The highest BCUT2D eigenvalue weighted by atomic mass is 79.9. The zero-order chi connectivity index (χ0) is 18.7. The maximum absolute atomic E-state index is 11.9. The summed E-state index contributed by atoms with van der Waals surface area (Å²) in [5.74, 6) is 0.435. The lowest BCUT2D eigenvalue weighted by Gasteiger charge is -2.34. The number of hydrogen-bond donors (Lipinski definition) is 2. The summed E-state index contributed by atoms with van der Waals surface area (Å²) in [6, 6.07) is 10.0. The van der Waals surface area contributed by atoms with Crippen LogP contribution in [0, 0.1) is 0 Å². The van der Waals surface area contributed by atoms with Crippen LogP contribution in [0.5, 0.6) is 5.75 Å². The molecular formula is C20H26BrN3O2. The maximum atomic E-state index is 11.9. The van der Waals surface area contributed by atoms with E-state index in [0.717, 1.165) is 53.5 Å². The monoisotopic (exact) mass is 419 g/mol. The molecule has 1 aliphatic rings. The lowest BCUT2D eigenvalue weighted by Crippen LogP contribution is -2.49. The van der Waals surface area contributed by atoms with Crippen LogP contribution in [0.15, 0.2) is 34.8 Å². The molecule has 0 aliphatic carbocycles. The Morgan fingerprint density at radius 3 is 2.54 bits per heavy atom. The van der Waals surface area contributed by atoms with E-state index >= 15 is 0 Å². The molecule has 0 saturated carbocycles. The highest BCUT2D eigenvalue weighted by molar-refractivity contribution is 9.10. The van der Waals surface area contributed by atoms with Crippen molar-refractivity contribution in [1.82, 2.24) is 15.1 Å². The third-order valence-electron chi connectivity index (χ3n) is 4.73. The standard InChI is InChI=1S/C20H26BrN3O2/c1-14(2)22-20(26)13-24-9-7-23(8-10-24)12-18-17-5-4-16(21)11-15(17)3-6-19(18)25/h3-6,11,14,25H,7-10,12-13H2,1-2H3,(H,22,26). The average molecular weight is 420 g/mol. The van der Waals surface area contributed by atoms with E-state index in [0.29, 0.717) is 12.3 Å². The number of piperazine rings is 1. The van der Waals surface area contributed by atoms with Crippen molar-refractivity contribution in [1.29, 1.82) is 0 Å². The molecule has 2 aromatic rings. The number of halogens is 1. The van der Waals surface area contributed by atoms with Crippen molar-refractivity contribution in [2.75, 3.05) is 32.7 Å². The van der Waals surface area contributed by atoms with Gasteiger partial charge in [0.2, 0.25) is 5.91 Å². The van der Waals surface area contributed by atoms with Gasteiger partial charge >= 0.3 is 0 Å². The summed E-state index contributed by atoms with van der Waals surface area (Å²) < 4.78 is 1.04. The van der Waals surface area contributed by atoms with Gasteiger partial charge in [-0.1, -0.05) is 28.1 Å². The van der Waals surface area contributed by atoms with Gasteiger partial charge in [0.25, 0.3) is 0 Å². The van der Waals surface area contributed by atoms with Gasteiger partial charge in [0.1, 0.15) is 5.75 Å². The summed E-state index contributed by atoms with van der Waals surface area (Å²) in [4.78, 5) is 16.4. The van der Waals surface area contributed by atoms with Crippen LogP contribution in [-0.2, 0) is 11.3 Å². The minimum atomic E-state index is 0.0886. The van der Waals surface area contributed by atoms with Crippen LogP contribution in [0.25, 0.3) is 10.8 Å². The summed E-state index contributed by atoms with van der Waals surface area (Å²) in [6.07, 6.45) is 0. The van der Waals surface area contributed by atoms with Gasteiger partial charge in [-0.2, -0.15) is 0 Å². The second-order valence-electron chi connectivity index (χ2n) is 7.20. The molecule has 1 heterocycles. The first-order valence-electron chi connectivity index (χ1n) is 9.06. The molecular weight excluding hydrogens is 394 g/mol. The molecule has 1 fully saturated rings. The summed E-state index contributed by atoms with van der Waals surface area (Å²) in [5.41, 5.74) is 0.973. The molecule has 0 spiro atoms. The van der Waals surface area contributed by atoms with Gasteiger partial charge in [0.15, 0.2) is 0 Å². The van der Waals surface area contributed by atoms with E-state index in [2.05, 4.69) is 43.2 Å². The van der Waals surface area contributed by atoms with Crippen LogP contribution in [0.2, 0.25) is 0 Å². The number of fused-ring (bicyclic) bond motifs is 1. The first-order chi connectivity index (χ1) is 12.4. The van der Waals surface area contributed by atoms with Gasteiger partial charge in [-0.05, 0) is 42.8 Å². The second-order valence-corrected chi connectivity index (χ2v) is 8.12. The smallest absolute Gasteiger partial charge is 0.234 e. The van der Waals surface area contributed by atoms with Gasteiger partial charge in [-0.15, -0.1) is 0 Å². The molecule has 6 heteroatoms. The number of aromatic hydroxyl groups is 1. The number of benzene rings is 2. The number of carbonyl (C=O) groups excluding carboxylic acids is 1. The Morgan fingerprint density at radius 2 is 1.85 bits per heavy atom. The summed E-state index contributed by atoms with van der Waals surface area (Å²) in [6.45, 7) is 8.64. The number of rotatable bonds is 5. The van der Waals surface area contributed by atoms with Crippen molar-refractivity contribution < 1.29 is 9.90 Å². The molecule has 0 radical (unpaired) electrons. The van der Waals surface area contributed by atoms with Crippen LogP contribution >= 0.6 is 15.9 Å². The highest BCUT2D eigenvalue weighted by Crippen LogP contribution is 2.30. The normalized spacial score (nSPS) is 16.3. The Kier molecular flexibility index (Phi) is 6.16. The minimum Gasteiger partial charge on any atom is -0.508 e. The molecule has 3 rings (SSSR count). The van der Waals surface area contributed by atoms with E-state index < -0.39 is 0 Å². The molecule has 2 aromatic carbocycles. The van der Waals surface area contributed by atoms with E-state index in [1.165, 1.54) is 0 Å². The van der Waals surface area contributed by atoms with Crippen molar-refractivity contribution in [2.45, 2.75) is 26.4 Å². The van der Waals surface area contributed by atoms with Gasteiger partial charge in [-0.3, -0.25) is 14.6 Å². The summed E-state index contributed by atoms with van der Waals surface area (Å²) in [7, 11) is 0. The van der Waals surface area contributed by atoms with Crippen LogP contribution in [0.4, 0.5) is 0 Å². The zero-order valence-electron chi connectivity index (χ0n) is 15.3. The molecule has 2 N–H and O–H groups in total. The van der Waals surface area contributed by atoms with Crippen molar-refractivity contribution in [3.05, 3.63) is 40.4 Å². The lowest BCUT2D eigenvalue weighted by atomic mass is 10.0. The van der Waals surface area contributed by atoms with Gasteiger partial charge in [0.05, 0.1) is 6.54 Å². The minimum absolute atomic E-state index is 0.0886. The highest BCUT2D eigenvalue weighted by Gasteiger charge is 2.20. The van der Waals surface area contributed by atoms with Crippen LogP contribution in [0.3, 0.4) is 0 Å². The molecule has 5 nitrogen and oxygen atoms in total. The number of amides is 1. The Morgan fingerprint density at radius 1 is 1.15 bits per heavy atom. The van der Waals surface area contributed by atoms with E-state index in [1.54, 1.807) is 6.07 Å². The predicted molar refractivity (Wildman–Crippen MR) is 108 cm³/mol. The van der Waals surface area contributed by atoms with Crippen molar-refractivity contribution in [3.63, 3.8) is 0 Å². The van der Waals surface area contributed by atoms with Gasteiger partial charge in [-0.25, -0.2) is 0 Å². The van der Waals surface area contributed by atoms with Crippen molar-refractivity contribution in [3.8, 4) is 5.75 Å². The molecule has 0 aromatic heterocycles. The van der Waals surface area contributed by atoms with Crippen molar-refractivity contribution in [2.24, 2.45) is 0 Å². The summed E-state index contributed by atoms with van der Waals surface area (Å²) in [5, 5.41) is 15.5. The van der Waals surface area contributed by atoms with E-state index in [-0.39, 0.29) is 11.9 Å². The molecule has 0 bridgehead atoms. The van der Waals surface area contributed by atoms with E-state index in [1.807, 2.05) is 26.0 Å². The lowest BCUT2D eigenvalue weighted by molar-refractivity contribution is -0.123. The first-order valence-corrected chi connectivity index (χ1v) is 9.86. The Balaban J connectivity index is 1.62. The molecule has 1 aliphatic heterocycles. The first kappa shape index (κ1) is 19.1. The Labute approximate surface area is 163 Å². The number of phenols is 1. The van der Waals surface area contributed by atoms with E-state index in [4.69, 9.17) is 0 Å². The second kappa shape index (κ2) is 8.37. The molecule has 1 amide bonds. The predicted octanol–water partition coefficient (Wildman–Crippen LogP) is 2.95. The summed E-state index contributed by atoms with van der Waals surface area (Å²) >= 11 is 3.50. The van der Waals surface area contributed by atoms with Gasteiger partial charge < -0.3 is 10.4 Å². The quantitative estimate of drug-likeness (QED) is 0.781. The Hall–Kier alpha value is -1.63. The molecule has 0 atom stereocenters. The number of carbonyl (C=O) groups is 1. The number of nitrogens with one attached hydrogen (secondary N) is 1. The van der Waals surface area contributed by atoms with Crippen LogP contribution < -0.4 is 5.32 Å². The maximum Gasteiger partial charge on any atom is 0.234 e. The number of phenolic OH excluding ortho intramolecular Hbond substituents is 1. The topological polar surface area (TPSA) is 55.8 Å². The van der Waals surface area contributed by atoms with Crippen LogP contribution in [-0.4, -0.2) is 59.6 Å². The largest absolute Gasteiger partial charge is 0.508 e. The fraction of sp³-hybridized carbons (Fsp3) is 0.450. The zero-order valence-corrected chi connectivity index (χ0v) is 16.9. The number of nitrogens with zero attached hydrogens (tertiary/aromatic N) is 2. The average Bonchev–Trinajstić information content (AvgIpc) is 2.58. The fourth-order valence-electron chi connectivity index (χ4n) is 3.42. The Bertz CT molecular complexity index is 786. The number of hydrogen-bond acceptors (Lipinski definition) is 4. The van der Waals surface area contributed by atoms with Gasteiger partial charge in [0, 0.05) is 48.8 Å². The van der Waals surface area contributed by atoms with Crippen molar-refractivity contribution >= 4 is 32.6 Å². The van der Waals surface area contributed by atoms with Crippen LogP contribution in [0.1, 0.15) is 19.4 Å².